The average molecular weight is 406 g/mol. The Morgan fingerprint density at radius 3 is 1.97 bits per heavy atom. The van der Waals surface area contributed by atoms with Gasteiger partial charge in [0, 0.05) is 17.7 Å². The fraction of sp³-hybridized carbons (Fsp3) is 0.0833. The van der Waals surface area contributed by atoms with Gasteiger partial charge in [-0.05, 0) is 35.9 Å². The summed E-state index contributed by atoms with van der Waals surface area (Å²) in [7, 11) is 3.09. The fourth-order valence-corrected chi connectivity index (χ4v) is 2.46. The molecule has 0 bridgehead atoms. The van der Waals surface area contributed by atoms with E-state index >= 15 is 0 Å². The maximum Gasteiger partial charge on any atom is 0.328 e. The summed E-state index contributed by atoms with van der Waals surface area (Å²) in [6.45, 7) is 0. The molecular weight excluding hydrogens is 384 g/mol. The van der Waals surface area contributed by atoms with Crippen molar-refractivity contribution in [2.75, 3.05) is 14.2 Å². The molecule has 0 aliphatic rings. The molecule has 0 saturated heterocycles. The highest BCUT2D eigenvalue weighted by molar-refractivity contribution is 6.10. The predicted molar refractivity (Wildman–Crippen MR) is 114 cm³/mol. The van der Waals surface area contributed by atoms with Crippen molar-refractivity contribution in [3.8, 4) is 17.2 Å². The van der Waals surface area contributed by atoms with Crippen LogP contribution in [-0.4, -0.2) is 36.2 Å². The second-order valence-corrected chi connectivity index (χ2v) is 6.02. The number of carbonyl (C=O) groups excluding carboxylic acids is 1. The summed E-state index contributed by atoms with van der Waals surface area (Å²) in [5.74, 6) is 0.0550. The number of carboxylic acid groups (broad SMARTS) is 1. The Morgan fingerprint density at radius 2 is 1.43 bits per heavy atom. The van der Waals surface area contributed by atoms with E-state index in [4.69, 9.17) is 14.6 Å². The normalized spacial score (nSPS) is 10.1. The highest BCUT2D eigenvalue weighted by Gasteiger charge is 2.13. The summed E-state index contributed by atoms with van der Waals surface area (Å²) in [6, 6.07) is 20.6. The summed E-state index contributed by atoms with van der Waals surface area (Å²) in [5, 5.41) is 18.1. The van der Waals surface area contributed by atoms with Gasteiger partial charge in [0.2, 0.25) is 0 Å². The highest BCUT2D eigenvalue weighted by Crippen LogP contribution is 2.25. The van der Waals surface area contributed by atoms with Crippen molar-refractivity contribution >= 4 is 17.8 Å². The lowest BCUT2D eigenvalue weighted by Crippen LogP contribution is -2.01. The van der Waals surface area contributed by atoms with Crippen LogP contribution in [0.2, 0.25) is 0 Å². The number of aromatic hydroxyl groups is 1. The number of ketones is 1. The fourth-order valence-electron chi connectivity index (χ4n) is 2.46. The van der Waals surface area contributed by atoms with E-state index in [0.717, 1.165) is 17.4 Å². The SMILES string of the molecule is COc1ccc(C(=O)c2ccccc2)c(O)c1.COc1ccc(C=CC(=O)O)cc1. The number of hydrogen-bond donors (Lipinski definition) is 2. The monoisotopic (exact) mass is 406 g/mol. The Kier molecular flexibility index (Phi) is 8.20. The number of phenols is 1. The number of carbonyl (C=O) groups is 2. The number of aliphatic carboxylic acids is 1. The quantitative estimate of drug-likeness (QED) is 0.465. The van der Waals surface area contributed by atoms with Crippen molar-refractivity contribution in [2.24, 2.45) is 0 Å². The van der Waals surface area contributed by atoms with Crippen molar-refractivity contribution in [3.63, 3.8) is 0 Å². The first kappa shape index (κ1) is 22.2. The molecule has 6 heteroatoms. The lowest BCUT2D eigenvalue weighted by molar-refractivity contribution is -0.131. The van der Waals surface area contributed by atoms with Crippen LogP contribution >= 0.6 is 0 Å². The average Bonchev–Trinajstić information content (AvgIpc) is 2.78. The van der Waals surface area contributed by atoms with E-state index in [2.05, 4.69) is 0 Å². The van der Waals surface area contributed by atoms with Gasteiger partial charge in [-0.15, -0.1) is 0 Å². The number of carboxylic acids is 1. The van der Waals surface area contributed by atoms with Crippen LogP contribution in [0.5, 0.6) is 17.2 Å². The topological polar surface area (TPSA) is 93.1 Å². The number of ether oxygens (including phenoxy) is 2. The highest BCUT2D eigenvalue weighted by atomic mass is 16.5. The largest absolute Gasteiger partial charge is 0.507 e. The van der Waals surface area contributed by atoms with Crippen LogP contribution in [-0.2, 0) is 4.79 Å². The van der Waals surface area contributed by atoms with E-state index in [1.165, 1.54) is 19.3 Å². The summed E-state index contributed by atoms with van der Waals surface area (Å²) in [4.78, 5) is 22.3. The van der Waals surface area contributed by atoms with Gasteiger partial charge in [-0.2, -0.15) is 0 Å². The van der Waals surface area contributed by atoms with E-state index in [-0.39, 0.29) is 17.1 Å². The molecule has 0 saturated carbocycles. The van der Waals surface area contributed by atoms with E-state index in [0.29, 0.717) is 11.3 Å². The Bertz CT molecular complexity index is 1010. The molecule has 0 unspecified atom stereocenters. The van der Waals surface area contributed by atoms with Crippen LogP contribution < -0.4 is 9.47 Å². The standard InChI is InChI=1S/C14H12O3.C10H10O3/c1-17-11-7-8-12(13(15)9-11)14(16)10-5-3-2-4-6-10;1-13-9-5-2-8(3-6-9)4-7-10(11)12/h2-9,15H,1H3;2-7H,1H3,(H,11,12). The molecule has 2 N–H and O–H groups in total. The zero-order valence-corrected chi connectivity index (χ0v) is 16.6. The van der Waals surface area contributed by atoms with Crippen molar-refractivity contribution in [2.45, 2.75) is 0 Å². The molecule has 0 atom stereocenters. The second kappa shape index (κ2) is 11.1. The summed E-state index contributed by atoms with van der Waals surface area (Å²) in [5.41, 5.74) is 1.66. The van der Waals surface area contributed by atoms with Crippen LogP contribution in [0.15, 0.2) is 78.9 Å². The van der Waals surface area contributed by atoms with E-state index in [1.54, 1.807) is 67.8 Å². The van der Waals surface area contributed by atoms with Crippen molar-refractivity contribution in [1.29, 1.82) is 0 Å². The van der Waals surface area contributed by atoms with Gasteiger partial charge in [0.1, 0.15) is 17.2 Å². The molecule has 6 nitrogen and oxygen atoms in total. The third-order valence-corrected chi connectivity index (χ3v) is 4.02. The van der Waals surface area contributed by atoms with Gasteiger partial charge in [0.15, 0.2) is 5.78 Å². The number of rotatable bonds is 6. The van der Waals surface area contributed by atoms with Gasteiger partial charge in [-0.25, -0.2) is 4.79 Å². The molecule has 0 heterocycles. The minimum Gasteiger partial charge on any atom is -0.507 e. The maximum absolute atomic E-state index is 12.1. The summed E-state index contributed by atoms with van der Waals surface area (Å²) in [6.07, 6.45) is 2.63. The molecule has 0 fully saturated rings. The molecule has 0 aromatic heterocycles. The third kappa shape index (κ3) is 6.53. The van der Waals surface area contributed by atoms with Gasteiger partial charge in [0.05, 0.1) is 19.8 Å². The molecular formula is C24H22O6. The first-order valence-corrected chi connectivity index (χ1v) is 8.96. The molecule has 30 heavy (non-hydrogen) atoms. The summed E-state index contributed by atoms with van der Waals surface area (Å²) >= 11 is 0. The van der Waals surface area contributed by atoms with Gasteiger partial charge < -0.3 is 19.7 Å². The number of benzene rings is 3. The molecule has 0 aliphatic carbocycles. The molecule has 0 spiro atoms. The molecule has 0 aliphatic heterocycles. The van der Waals surface area contributed by atoms with E-state index in [9.17, 15) is 14.7 Å². The van der Waals surface area contributed by atoms with E-state index < -0.39 is 5.97 Å². The van der Waals surface area contributed by atoms with Crippen LogP contribution in [0.3, 0.4) is 0 Å². The molecule has 3 aromatic carbocycles. The molecule has 0 amide bonds. The first-order valence-electron chi connectivity index (χ1n) is 8.96. The van der Waals surface area contributed by atoms with Crippen LogP contribution in [0.25, 0.3) is 6.08 Å². The second-order valence-electron chi connectivity index (χ2n) is 6.02. The van der Waals surface area contributed by atoms with Gasteiger partial charge in [-0.1, -0.05) is 42.5 Å². The lowest BCUT2D eigenvalue weighted by Gasteiger charge is -2.06. The van der Waals surface area contributed by atoms with Crippen LogP contribution in [0, 0.1) is 0 Å². The summed E-state index contributed by atoms with van der Waals surface area (Å²) < 4.78 is 9.92. The molecule has 154 valence electrons. The smallest absolute Gasteiger partial charge is 0.328 e. The Hall–Kier alpha value is -4.06. The van der Waals surface area contributed by atoms with Crippen molar-refractivity contribution in [1.82, 2.24) is 0 Å². The van der Waals surface area contributed by atoms with Gasteiger partial charge in [-0.3, -0.25) is 4.79 Å². The van der Waals surface area contributed by atoms with Gasteiger partial charge >= 0.3 is 5.97 Å². The minimum absolute atomic E-state index is 0.0711. The maximum atomic E-state index is 12.1. The molecule has 0 radical (unpaired) electrons. The number of phenolic OH excluding ortho intramolecular Hbond substituents is 1. The van der Waals surface area contributed by atoms with E-state index in [1.807, 2.05) is 6.07 Å². The predicted octanol–water partition coefficient (Wildman–Crippen LogP) is 4.42. The first-order chi connectivity index (χ1) is 14.4. The minimum atomic E-state index is -0.948. The lowest BCUT2D eigenvalue weighted by atomic mass is 10.0. The van der Waals surface area contributed by atoms with Gasteiger partial charge in [0.25, 0.3) is 0 Å². The zero-order chi connectivity index (χ0) is 21.9. The van der Waals surface area contributed by atoms with Crippen molar-refractivity contribution < 1.29 is 29.3 Å². The zero-order valence-electron chi connectivity index (χ0n) is 16.6. The molecule has 3 rings (SSSR count). The van der Waals surface area contributed by atoms with Crippen LogP contribution in [0.1, 0.15) is 21.5 Å². The third-order valence-electron chi connectivity index (χ3n) is 4.02. The van der Waals surface area contributed by atoms with Crippen LogP contribution in [0.4, 0.5) is 0 Å². The Balaban J connectivity index is 0.000000222. The Morgan fingerprint density at radius 1 is 0.833 bits per heavy atom. The number of hydrogen-bond acceptors (Lipinski definition) is 5. The Labute approximate surface area is 174 Å². The number of methoxy groups -OCH3 is 2. The molecule has 3 aromatic rings. The van der Waals surface area contributed by atoms with Crippen molar-refractivity contribution in [3.05, 3.63) is 95.6 Å².